The molecule has 1 aliphatic rings. The third-order valence-corrected chi connectivity index (χ3v) is 5.87. The van der Waals surface area contributed by atoms with Gasteiger partial charge in [0.25, 0.3) is 11.8 Å². The first-order valence-corrected chi connectivity index (χ1v) is 12.6. The minimum absolute atomic E-state index is 0.0537. The fourth-order valence-corrected chi connectivity index (χ4v) is 4.01. The van der Waals surface area contributed by atoms with Crippen LogP contribution >= 0.6 is 0 Å². The Morgan fingerprint density at radius 1 is 0.941 bits per heavy atom. The van der Waals surface area contributed by atoms with E-state index >= 15 is 0 Å². The summed E-state index contributed by atoms with van der Waals surface area (Å²) >= 11 is 0. The highest BCUT2D eigenvalue weighted by molar-refractivity contribution is 7.92. The Labute approximate surface area is 198 Å². The Hall–Kier alpha value is -3.53. The van der Waals surface area contributed by atoms with Crippen molar-refractivity contribution in [2.24, 2.45) is 5.92 Å². The number of ketones is 1. The zero-order valence-electron chi connectivity index (χ0n) is 19.3. The van der Waals surface area contributed by atoms with E-state index in [1.807, 2.05) is 13.8 Å². The van der Waals surface area contributed by atoms with E-state index in [1.54, 1.807) is 0 Å². The van der Waals surface area contributed by atoms with Crippen LogP contribution in [0, 0.1) is 5.92 Å². The van der Waals surface area contributed by atoms with E-state index in [4.69, 9.17) is 4.74 Å². The number of hydrogen-bond donors (Lipinski definition) is 1. The lowest BCUT2D eigenvalue weighted by Gasteiger charge is -2.14. The standard InChI is InChI=1S/C24H26N2O7S/c1-14(2)11-12-26-22(28)19-10-7-17(13-20(19)23(26)29)24(30)33-15(3)21(27)16-5-8-18(9-6-16)25-34(4,31)32/h5-10,13-15,25H,11-12H2,1-4H3/t15-/m1/s1. The molecule has 0 bridgehead atoms. The van der Waals surface area contributed by atoms with Crippen LogP contribution in [0.4, 0.5) is 5.69 Å². The van der Waals surface area contributed by atoms with Gasteiger partial charge in [0.15, 0.2) is 6.10 Å². The third-order valence-electron chi connectivity index (χ3n) is 5.26. The lowest BCUT2D eigenvalue weighted by molar-refractivity contribution is 0.0318. The summed E-state index contributed by atoms with van der Waals surface area (Å²) in [5.41, 5.74) is 0.949. The monoisotopic (exact) mass is 486 g/mol. The fraction of sp³-hybridized carbons (Fsp3) is 0.333. The van der Waals surface area contributed by atoms with Gasteiger partial charge in [0.2, 0.25) is 15.8 Å². The van der Waals surface area contributed by atoms with Crippen molar-refractivity contribution in [1.82, 2.24) is 4.90 Å². The molecule has 34 heavy (non-hydrogen) atoms. The van der Waals surface area contributed by atoms with Crippen LogP contribution in [-0.2, 0) is 14.8 Å². The largest absolute Gasteiger partial charge is 0.451 e. The van der Waals surface area contributed by atoms with Gasteiger partial charge in [0.05, 0.1) is 22.9 Å². The highest BCUT2D eigenvalue weighted by atomic mass is 32.2. The van der Waals surface area contributed by atoms with Gasteiger partial charge in [0.1, 0.15) is 0 Å². The number of esters is 1. The number of hydrogen-bond acceptors (Lipinski definition) is 7. The number of amides is 2. The summed E-state index contributed by atoms with van der Waals surface area (Å²) in [5, 5.41) is 0. The van der Waals surface area contributed by atoms with Crippen LogP contribution in [0.25, 0.3) is 0 Å². The Bertz CT molecular complexity index is 1250. The number of nitrogens with one attached hydrogen (secondary N) is 1. The maximum atomic E-state index is 12.7. The minimum Gasteiger partial charge on any atom is -0.451 e. The minimum atomic E-state index is -3.45. The Kier molecular flexibility index (Phi) is 7.21. The van der Waals surface area contributed by atoms with Crippen LogP contribution in [0.5, 0.6) is 0 Å². The molecule has 0 aliphatic carbocycles. The van der Waals surface area contributed by atoms with Crippen molar-refractivity contribution in [2.75, 3.05) is 17.5 Å². The number of Topliss-reactive ketones (excluding diaryl/α,β-unsaturated/α-hetero) is 1. The maximum Gasteiger partial charge on any atom is 0.338 e. The highest BCUT2D eigenvalue weighted by Gasteiger charge is 2.36. The summed E-state index contributed by atoms with van der Waals surface area (Å²) in [6, 6.07) is 9.82. The van der Waals surface area contributed by atoms with Gasteiger partial charge in [-0.05, 0) is 61.7 Å². The summed E-state index contributed by atoms with van der Waals surface area (Å²) in [4.78, 5) is 51.7. The first-order valence-electron chi connectivity index (χ1n) is 10.7. The van der Waals surface area contributed by atoms with Gasteiger partial charge in [-0.2, -0.15) is 0 Å². The lowest BCUT2D eigenvalue weighted by atomic mass is 10.1. The second-order valence-electron chi connectivity index (χ2n) is 8.57. The first-order chi connectivity index (χ1) is 15.9. The Balaban J connectivity index is 1.69. The van der Waals surface area contributed by atoms with E-state index in [0.717, 1.165) is 6.26 Å². The van der Waals surface area contributed by atoms with E-state index in [-0.39, 0.29) is 22.3 Å². The van der Waals surface area contributed by atoms with Crippen molar-refractivity contribution >= 4 is 39.3 Å². The van der Waals surface area contributed by atoms with Gasteiger partial charge in [-0.15, -0.1) is 0 Å². The summed E-state index contributed by atoms with van der Waals surface area (Å²) in [6.07, 6.45) is 0.555. The molecule has 0 saturated carbocycles. The van der Waals surface area contributed by atoms with E-state index < -0.39 is 39.7 Å². The van der Waals surface area contributed by atoms with Crippen LogP contribution in [0.1, 0.15) is 68.6 Å². The number of anilines is 1. The molecule has 0 spiro atoms. The average Bonchev–Trinajstić information content (AvgIpc) is 3.00. The average molecular weight is 487 g/mol. The van der Waals surface area contributed by atoms with Crippen molar-refractivity contribution in [3.8, 4) is 0 Å². The van der Waals surface area contributed by atoms with Gasteiger partial charge in [-0.3, -0.25) is 24.0 Å². The molecule has 2 aromatic carbocycles. The molecule has 0 aromatic heterocycles. The highest BCUT2D eigenvalue weighted by Crippen LogP contribution is 2.25. The van der Waals surface area contributed by atoms with Crippen molar-refractivity contribution in [1.29, 1.82) is 0 Å². The van der Waals surface area contributed by atoms with Crippen molar-refractivity contribution in [3.05, 3.63) is 64.7 Å². The molecule has 10 heteroatoms. The molecular weight excluding hydrogens is 460 g/mol. The summed E-state index contributed by atoms with van der Waals surface area (Å²) in [7, 11) is -3.45. The molecule has 0 radical (unpaired) electrons. The maximum absolute atomic E-state index is 12.7. The number of rotatable bonds is 9. The molecular formula is C24H26N2O7S. The number of fused-ring (bicyclic) bond motifs is 1. The predicted molar refractivity (Wildman–Crippen MR) is 125 cm³/mol. The van der Waals surface area contributed by atoms with Crippen LogP contribution in [0.3, 0.4) is 0 Å². The summed E-state index contributed by atoms with van der Waals surface area (Å²) < 4.78 is 30.2. The molecule has 0 unspecified atom stereocenters. The van der Waals surface area contributed by atoms with Crippen molar-refractivity contribution < 1.29 is 32.3 Å². The third kappa shape index (κ3) is 5.69. The number of sulfonamides is 1. The zero-order chi connectivity index (χ0) is 25.2. The van der Waals surface area contributed by atoms with Gasteiger partial charge >= 0.3 is 5.97 Å². The van der Waals surface area contributed by atoms with E-state index in [1.165, 1.54) is 54.3 Å². The van der Waals surface area contributed by atoms with Gasteiger partial charge in [-0.1, -0.05) is 13.8 Å². The molecule has 9 nitrogen and oxygen atoms in total. The fourth-order valence-electron chi connectivity index (χ4n) is 3.44. The van der Waals surface area contributed by atoms with Crippen LogP contribution in [0.15, 0.2) is 42.5 Å². The van der Waals surface area contributed by atoms with E-state index in [9.17, 15) is 27.6 Å². The topological polar surface area (TPSA) is 127 Å². The molecule has 1 heterocycles. The summed E-state index contributed by atoms with van der Waals surface area (Å²) in [5.74, 6) is -1.81. The molecule has 1 atom stereocenters. The molecule has 180 valence electrons. The number of nitrogens with zero attached hydrogens (tertiary/aromatic N) is 1. The van der Waals surface area contributed by atoms with Crippen molar-refractivity contribution in [3.63, 3.8) is 0 Å². The number of benzene rings is 2. The number of carbonyl (C=O) groups is 4. The normalized spacial score (nSPS) is 14.2. The predicted octanol–water partition coefficient (Wildman–Crippen LogP) is 3.13. The molecule has 0 saturated heterocycles. The molecule has 3 rings (SSSR count). The Morgan fingerprint density at radius 3 is 2.12 bits per heavy atom. The molecule has 1 aliphatic heterocycles. The molecule has 1 N–H and O–H groups in total. The number of carbonyl (C=O) groups excluding carboxylic acids is 4. The number of ether oxygens (including phenoxy) is 1. The molecule has 2 amide bonds. The first kappa shape index (κ1) is 25.1. The van der Waals surface area contributed by atoms with Crippen molar-refractivity contribution in [2.45, 2.75) is 33.3 Å². The smallest absolute Gasteiger partial charge is 0.338 e. The Morgan fingerprint density at radius 2 is 1.53 bits per heavy atom. The van der Waals surface area contributed by atoms with Crippen LogP contribution < -0.4 is 4.72 Å². The number of imide groups is 1. The van der Waals surface area contributed by atoms with Gasteiger partial charge in [-0.25, -0.2) is 13.2 Å². The lowest BCUT2D eigenvalue weighted by Crippen LogP contribution is -2.31. The second kappa shape index (κ2) is 9.76. The van der Waals surface area contributed by atoms with Crippen LogP contribution in [-0.4, -0.2) is 55.8 Å². The molecule has 0 fully saturated rings. The van der Waals surface area contributed by atoms with Gasteiger partial charge < -0.3 is 4.74 Å². The summed E-state index contributed by atoms with van der Waals surface area (Å²) in [6.45, 7) is 5.71. The SMILES string of the molecule is CC(C)CCN1C(=O)c2ccc(C(=O)O[C@H](C)C(=O)c3ccc(NS(C)(=O)=O)cc3)cc2C1=O. The zero-order valence-corrected chi connectivity index (χ0v) is 20.1. The van der Waals surface area contributed by atoms with Crippen LogP contribution in [0.2, 0.25) is 0 Å². The van der Waals surface area contributed by atoms with E-state index in [0.29, 0.717) is 24.6 Å². The molecule has 2 aromatic rings. The second-order valence-corrected chi connectivity index (χ2v) is 10.3. The quantitative estimate of drug-likeness (QED) is 0.328. The van der Waals surface area contributed by atoms with Gasteiger partial charge in [0, 0.05) is 17.8 Å². The van der Waals surface area contributed by atoms with E-state index in [2.05, 4.69) is 4.72 Å².